The maximum atomic E-state index is 12.4. The van der Waals surface area contributed by atoms with Crippen LogP contribution in [0, 0.1) is 6.92 Å². The molecule has 2 fully saturated rings. The van der Waals surface area contributed by atoms with E-state index in [-0.39, 0.29) is 29.8 Å². The van der Waals surface area contributed by atoms with Crippen molar-refractivity contribution in [2.75, 3.05) is 0 Å². The Bertz CT molecular complexity index is 725. The van der Waals surface area contributed by atoms with Crippen molar-refractivity contribution in [3.05, 3.63) is 65.2 Å². The second-order valence-electron chi connectivity index (χ2n) is 5.84. The highest BCUT2D eigenvalue weighted by molar-refractivity contribution is 6.03. The number of carbonyl (C=O) groups is 1. The molecule has 2 heterocycles. The Morgan fingerprint density at radius 1 is 1.05 bits per heavy atom. The Kier molecular flexibility index (Phi) is 3.03. The summed E-state index contributed by atoms with van der Waals surface area (Å²) in [6.45, 7) is 1.87. The molecule has 0 saturated carbocycles. The van der Waals surface area contributed by atoms with E-state index in [0.717, 1.165) is 11.1 Å². The van der Waals surface area contributed by atoms with Crippen LogP contribution in [0.2, 0.25) is 0 Å². The van der Waals surface area contributed by atoms with E-state index >= 15 is 0 Å². The third-order valence-corrected chi connectivity index (χ3v) is 4.18. The minimum atomic E-state index is -0.507. The Labute approximate surface area is 128 Å². The molecule has 0 aromatic heterocycles. The Morgan fingerprint density at radius 3 is 2.55 bits per heavy atom. The Morgan fingerprint density at radius 2 is 1.82 bits per heavy atom. The number of Topliss-reactive ketones (excluding diaryl/α,β-unsaturated/α-hetero) is 1. The number of phenols is 1. The van der Waals surface area contributed by atoms with E-state index in [9.17, 15) is 9.90 Å². The average molecular weight is 296 g/mol. The highest BCUT2D eigenvalue weighted by Crippen LogP contribution is 2.48. The van der Waals surface area contributed by atoms with E-state index in [0.29, 0.717) is 5.56 Å². The third-order valence-electron chi connectivity index (χ3n) is 4.18. The van der Waals surface area contributed by atoms with Gasteiger partial charge >= 0.3 is 0 Å². The highest BCUT2D eigenvalue weighted by Gasteiger charge is 2.60. The van der Waals surface area contributed by atoms with Crippen molar-refractivity contribution in [1.29, 1.82) is 0 Å². The average Bonchev–Trinajstić information content (AvgIpc) is 3.39. The van der Waals surface area contributed by atoms with Gasteiger partial charge in [-0.1, -0.05) is 36.4 Å². The van der Waals surface area contributed by atoms with Crippen LogP contribution in [0.25, 0.3) is 0 Å². The molecule has 2 aromatic carbocycles. The molecule has 4 nitrogen and oxygen atoms in total. The van der Waals surface area contributed by atoms with Crippen LogP contribution in [-0.2, 0) is 9.47 Å². The SMILES string of the molecule is Cc1ccc(C(=O)C2OC2C2OC2c2ccccc2)c(O)c1. The lowest BCUT2D eigenvalue weighted by atomic mass is 10.0. The standard InChI is InChI=1S/C18H16O4/c1-10-7-8-12(13(19)9-10)14(20)16-18(22-16)17-15(21-17)11-5-3-2-4-6-11/h2-9,15-19H,1H3. The van der Waals surface area contributed by atoms with E-state index in [2.05, 4.69) is 0 Å². The molecule has 4 heteroatoms. The fraction of sp³-hybridized carbons (Fsp3) is 0.278. The quantitative estimate of drug-likeness (QED) is 0.696. The van der Waals surface area contributed by atoms with Crippen LogP contribution in [-0.4, -0.2) is 29.2 Å². The van der Waals surface area contributed by atoms with Crippen molar-refractivity contribution in [3.8, 4) is 5.75 Å². The number of benzene rings is 2. The number of ether oxygens (including phenoxy) is 2. The highest BCUT2D eigenvalue weighted by atomic mass is 16.7. The van der Waals surface area contributed by atoms with E-state index in [1.54, 1.807) is 12.1 Å². The Hall–Kier alpha value is -2.17. The molecular formula is C18H16O4. The predicted octanol–water partition coefficient (Wildman–Crippen LogP) is 2.79. The number of aromatic hydroxyl groups is 1. The number of carbonyl (C=O) groups excluding carboxylic acids is 1. The molecule has 0 aliphatic carbocycles. The van der Waals surface area contributed by atoms with Crippen LogP contribution < -0.4 is 0 Å². The molecule has 2 saturated heterocycles. The van der Waals surface area contributed by atoms with Crippen LogP contribution >= 0.6 is 0 Å². The van der Waals surface area contributed by atoms with Gasteiger partial charge in [0.25, 0.3) is 0 Å². The van der Waals surface area contributed by atoms with Crippen LogP contribution in [0.4, 0.5) is 0 Å². The van der Waals surface area contributed by atoms with Crippen molar-refractivity contribution < 1.29 is 19.4 Å². The van der Waals surface area contributed by atoms with Gasteiger partial charge in [-0.3, -0.25) is 4.79 Å². The summed E-state index contributed by atoms with van der Waals surface area (Å²) in [7, 11) is 0. The monoisotopic (exact) mass is 296 g/mol. The summed E-state index contributed by atoms with van der Waals surface area (Å²) in [5, 5.41) is 9.90. The molecular weight excluding hydrogens is 280 g/mol. The molecule has 2 aromatic rings. The van der Waals surface area contributed by atoms with Gasteiger partial charge in [-0.15, -0.1) is 0 Å². The number of ketones is 1. The summed E-state index contributed by atoms with van der Waals surface area (Å²) in [6, 6.07) is 15.0. The van der Waals surface area contributed by atoms with E-state index in [1.807, 2.05) is 43.3 Å². The minimum Gasteiger partial charge on any atom is -0.507 e. The molecule has 4 unspecified atom stereocenters. The van der Waals surface area contributed by atoms with Crippen molar-refractivity contribution in [2.24, 2.45) is 0 Å². The summed E-state index contributed by atoms with van der Waals surface area (Å²) >= 11 is 0. The van der Waals surface area contributed by atoms with Crippen molar-refractivity contribution in [1.82, 2.24) is 0 Å². The first kappa shape index (κ1) is 13.5. The summed E-state index contributed by atoms with van der Waals surface area (Å²) in [5.74, 6) is -0.166. The maximum Gasteiger partial charge on any atom is 0.198 e. The molecule has 2 aliphatic heterocycles. The first-order valence-corrected chi connectivity index (χ1v) is 7.35. The van der Waals surface area contributed by atoms with Gasteiger partial charge in [-0.2, -0.15) is 0 Å². The van der Waals surface area contributed by atoms with Crippen LogP contribution in [0.15, 0.2) is 48.5 Å². The van der Waals surface area contributed by atoms with Gasteiger partial charge in [0.15, 0.2) is 5.78 Å². The topological polar surface area (TPSA) is 62.4 Å². The molecule has 0 bridgehead atoms. The van der Waals surface area contributed by atoms with Gasteiger partial charge in [-0.25, -0.2) is 0 Å². The van der Waals surface area contributed by atoms with E-state index < -0.39 is 6.10 Å². The van der Waals surface area contributed by atoms with Crippen LogP contribution in [0.5, 0.6) is 5.75 Å². The third kappa shape index (κ3) is 2.30. The molecule has 2 aliphatic rings. The fourth-order valence-corrected chi connectivity index (χ4v) is 2.87. The molecule has 0 spiro atoms. The van der Waals surface area contributed by atoms with Gasteiger partial charge in [0.2, 0.25) is 0 Å². The summed E-state index contributed by atoms with van der Waals surface area (Å²) in [4.78, 5) is 12.4. The molecule has 4 rings (SSSR count). The van der Waals surface area contributed by atoms with Crippen molar-refractivity contribution >= 4 is 5.78 Å². The van der Waals surface area contributed by atoms with Gasteiger partial charge in [0.05, 0.1) is 5.56 Å². The van der Waals surface area contributed by atoms with Crippen molar-refractivity contribution in [3.63, 3.8) is 0 Å². The first-order valence-electron chi connectivity index (χ1n) is 7.35. The normalized spacial score (nSPS) is 29.1. The van der Waals surface area contributed by atoms with E-state index in [1.165, 1.54) is 0 Å². The number of phenolic OH excluding ortho intramolecular Hbond substituents is 1. The van der Waals surface area contributed by atoms with Crippen LogP contribution in [0.3, 0.4) is 0 Å². The summed E-state index contributed by atoms with van der Waals surface area (Å²) in [5.41, 5.74) is 2.33. The number of epoxide rings is 2. The van der Waals surface area contributed by atoms with Gasteiger partial charge in [0.1, 0.15) is 30.2 Å². The van der Waals surface area contributed by atoms with Crippen LogP contribution in [0.1, 0.15) is 27.6 Å². The molecule has 1 N–H and O–H groups in total. The molecule has 22 heavy (non-hydrogen) atoms. The fourth-order valence-electron chi connectivity index (χ4n) is 2.87. The number of aryl methyl sites for hydroxylation is 1. The lowest BCUT2D eigenvalue weighted by molar-refractivity contribution is 0.0951. The molecule has 0 amide bonds. The lowest BCUT2D eigenvalue weighted by Crippen LogP contribution is -2.14. The molecule has 4 atom stereocenters. The van der Waals surface area contributed by atoms with Gasteiger partial charge < -0.3 is 14.6 Å². The largest absolute Gasteiger partial charge is 0.507 e. The number of hydrogen-bond donors (Lipinski definition) is 1. The molecule has 0 radical (unpaired) electrons. The van der Waals surface area contributed by atoms with Gasteiger partial charge in [0, 0.05) is 0 Å². The second kappa shape index (κ2) is 4.93. The smallest absolute Gasteiger partial charge is 0.198 e. The number of rotatable bonds is 4. The zero-order valence-corrected chi connectivity index (χ0v) is 12.1. The van der Waals surface area contributed by atoms with E-state index in [4.69, 9.17) is 9.47 Å². The minimum absolute atomic E-state index is 0.00979. The molecule has 112 valence electrons. The maximum absolute atomic E-state index is 12.4. The Balaban J connectivity index is 1.44. The zero-order chi connectivity index (χ0) is 15.3. The summed E-state index contributed by atoms with van der Waals surface area (Å²) < 4.78 is 11.2. The second-order valence-corrected chi connectivity index (χ2v) is 5.84. The zero-order valence-electron chi connectivity index (χ0n) is 12.1. The van der Waals surface area contributed by atoms with Crippen molar-refractivity contribution in [2.45, 2.75) is 31.3 Å². The lowest BCUT2D eigenvalue weighted by Gasteiger charge is -2.02. The predicted molar refractivity (Wildman–Crippen MR) is 79.9 cm³/mol. The summed E-state index contributed by atoms with van der Waals surface area (Å²) in [6.07, 6.45) is -0.773. The first-order chi connectivity index (χ1) is 10.6. The van der Waals surface area contributed by atoms with Gasteiger partial charge in [-0.05, 0) is 30.2 Å². The number of hydrogen-bond acceptors (Lipinski definition) is 4.